The minimum Gasteiger partial charge on any atom is -0.370 e. The van der Waals surface area contributed by atoms with Gasteiger partial charge in [-0.25, -0.2) is 9.97 Å². The van der Waals surface area contributed by atoms with Crippen LogP contribution in [0.4, 0.5) is 0 Å². The fraction of sp³-hybridized carbons (Fsp3) is 0.615. The second-order valence-electron chi connectivity index (χ2n) is 5.45. The molecule has 2 aromatic heterocycles. The van der Waals surface area contributed by atoms with E-state index in [4.69, 9.17) is 0 Å². The maximum Gasteiger partial charge on any atom is 0.278 e. The van der Waals surface area contributed by atoms with Crippen molar-refractivity contribution < 1.29 is 5.11 Å². The largest absolute Gasteiger partial charge is 0.370 e. The van der Waals surface area contributed by atoms with Gasteiger partial charge in [-0.1, -0.05) is 19.3 Å². The molecule has 0 bridgehead atoms. The normalized spacial score (nSPS) is 20.5. The van der Waals surface area contributed by atoms with Gasteiger partial charge in [0.2, 0.25) is 0 Å². The number of rotatable bonds is 2. The summed E-state index contributed by atoms with van der Waals surface area (Å²) in [5.41, 5.74) is -0.600. The molecular weight excluding hydrogens is 244 g/mol. The topological polar surface area (TPSA) is 83.8 Å². The van der Waals surface area contributed by atoms with E-state index in [-0.39, 0.29) is 17.0 Å². The lowest BCUT2D eigenvalue weighted by Crippen LogP contribution is -2.39. The van der Waals surface area contributed by atoms with Crippen molar-refractivity contribution in [2.24, 2.45) is 5.92 Å². The van der Waals surface area contributed by atoms with E-state index in [1.165, 1.54) is 19.1 Å². The van der Waals surface area contributed by atoms with Crippen LogP contribution in [0.15, 0.2) is 17.4 Å². The summed E-state index contributed by atoms with van der Waals surface area (Å²) in [6, 6.07) is 0. The molecule has 1 atom stereocenters. The zero-order chi connectivity index (χ0) is 13.5. The van der Waals surface area contributed by atoms with Crippen LogP contribution in [0.3, 0.4) is 0 Å². The molecule has 0 amide bonds. The maximum atomic E-state index is 11.6. The quantitative estimate of drug-likeness (QED) is 0.856. The number of fused-ring (bicyclic) bond motifs is 1. The molecule has 1 saturated carbocycles. The van der Waals surface area contributed by atoms with Gasteiger partial charge in [0.05, 0.1) is 12.7 Å². The van der Waals surface area contributed by atoms with Crippen molar-refractivity contribution in [3.05, 3.63) is 23.0 Å². The summed E-state index contributed by atoms with van der Waals surface area (Å²) in [5.74, 6) is 0.180. The number of hydrogen-bond acceptors (Lipinski definition) is 4. The van der Waals surface area contributed by atoms with Crippen molar-refractivity contribution in [1.29, 1.82) is 0 Å². The summed E-state index contributed by atoms with van der Waals surface area (Å²) >= 11 is 0. The smallest absolute Gasteiger partial charge is 0.278 e. The Balaban J connectivity index is 2.07. The molecule has 3 rings (SSSR count). The summed E-state index contributed by atoms with van der Waals surface area (Å²) < 4.78 is 1.63. The minimum absolute atomic E-state index is 0.180. The molecule has 6 nitrogen and oxygen atoms in total. The van der Waals surface area contributed by atoms with Crippen LogP contribution in [0.1, 0.15) is 39.0 Å². The summed E-state index contributed by atoms with van der Waals surface area (Å²) in [5, 5.41) is 10.9. The summed E-state index contributed by atoms with van der Waals surface area (Å²) in [6.07, 6.45) is 8.37. The first-order valence-electron chi connectivity index (χ1n) is 6.74. The molecule has 0 spiro atoms. The van der Waals surface area contributed by atoms with Crippen molar-refractivity contribution >= 4 is 11.2 Å². The number of aromatic amines is 1. The molecule has 19 heavy (non-hydrogen) atoms. The molecule has 1 unspecified atom stereocenters. The van der Waals surface area contributed by atoms with Gasteiger partial charge in [0.15, 0.2) is 11.2 Å². The van der Waals surface area contributed by atoms with Gasteiger partial charge in [-0.3, -0.25) is 9.36 Å². The predicted octanol–water partition coefficient (Wildman–Crippen LogP) is 1.36. The Labute approximate surface area is 110 Å². The summed E-state index contributed by atoms with van der Waals surface area (Å²) in [4.78, 5) is 22.4. The van der Waals surface area contributed by atoms with E-state index < -0.39 is 5.72 Å². The van der Waals surface area contributed by atoms with E-state index >= 15 is 0 Å². The molecule has 0 aliphatic heterocycles. The zero-order valence-corrected chi connectivity index (χ0v) is 11.0. The van der Waals surface area contributed by atoms with Crippen LogP contribution in [-0.2, 0) is 5.72 Å². The van der Waals surface area contributed by atoms with Gasteiger partial charge in [0.1, 0.15) is 5.72 Å². The Bertz CT molecular complexity index is 637. The molecule has 0 aromatic carbocycles. The Hall–Kier alpha value is -1.69. The number of aliphatic hydroxyl groups is 1. The predicted molar refractivity (Wildman–Crippen MR) is 70.6 cm³/mol. The molecule has 1 aliphatic rings. The third-order valence-electron chi connectivity index (χ3n) is 4.21. The van der Waals surface area contributed by atoms with E-state index in [0.29, 0.717) is 5.65 Å². The molecule has 2 aromatic rings. The van der Waals surface area contributed by atoms with Gasteiger partial charge >= 0.3 is 0 Å². The number of H-pyrrole nitrogens is 1. The molecule has 0 saturated heterocycles. The van der Waals surface area contributed by atoms with Gasteiger partial charge < -0.3 is 10.1 Å². The second kappa shape index (κ2) is 4.45. The van der Waals surface area contributed by atoms with Crippen molar-refractivity contribution in [1.82, 2.24) is 19.5 Å². The van der Waals surface area contributed by atoms with Crippen molar-refractivity contribution in [3.63, 3.8) is 0 Å². The average Bonchev–Trinajstić information content (AvgIpc) is 2.86. The first-order valence-corrected chi connectivity index (χ1v) is 6.74. The Kier molecular flexibility index (Phi) is 2.89. The fourth-order valence-corrected chi connectivity index (χ4v) is 3.02. The third-order valence-corrected chi connectivity index (χ3v) is 4.21. The molecule has 102 valence electrons. The van der Waals surface area contributed by atoms with E-state index in [9.17, 15) is 9.90 Å². The van der Waals surface area contributed by atoms with Crippen LogP contribution in [0.5, 0.6) is 0 Å². The number of hydrogen-bond donors (Lipinski definition) is 2. The Morgan fingerprint density at radius 1 is 1.37 bits per heavy atom. The monoisotopic (exact) mass is 262 g/mol. The van der Waals surface area contributed by atoms with Gasteiger partial charge in [0, 0.05) is 5.92 Å². The van der Waals surface area contributed by atoms with Crippen molar-refractivity contribution in [2.75, 3.05) is 0 Å². The van der Waals surface area contributed by atoms with Crippen molar-refractivity contribution in [2.45, 2.75) is 44.8 Å². The van der Waals surface area contributed by atoms with Gasteiger partial charge in [-0.2, -0.15) is 0 Å². The SMILES string of the molecule is CC(O)(C1CCCCC1)n1cnc2c(=O)[nH]cnc21. The highest BCUT2D eigenvalue weighted by Gasteiger charge is 2.35. The lowest BCUT2D eigenvalue weighted by Gasteiger charge is -2.36. The maximum absolute atomic E-state index is 11.6. The summed E-state index contributed by atoms with van der Waals surface area (Å²) in [7, 11) is 0. The minimum atomic E-state index is -1.05. The third kappa shape index (κ3) is 1.96. The zero-order valence-electron chi connectivity index (χ0n) is 11.0. The number of nitrogens with one attached hydrogen (secondary N) is 1. The second-order valence-corrected chi connectivity index (χ2v) is 5.45. The van der Waals surface area contributed by atoms with Crippen LogP contribution in [0.2, 0.25) is 0 Å². The Morgan fingerprint density at radius 2 is 2.11 bits per heavy atom. The molecule has 2 heterocycles. The molecule has 1 aliphatic carbocycles. The van der Waals surface area contributed by atoms with Crippen LogP contribution in [-0.4, -0.2) is 24.6 Å². The molecule has 6 heteroatoms. The first-order chi connectivity index (χ1) is 9.10. The lowest BCUT2D eigenvalue weighted by molar-refractivity contribution is -0.0837. The highest BCUT2D eigenvalue weighted by Crippen LogP contribution is 2.36. The summed E-state index contributed by atoms with van der Waals surface area (Å²) in [6.45, 7) is 1.78. The number of imidazole rings is 1. The van der Waals surface area contributed by atoms with Crippen LogP contribution in [0.25, 0.3) is 11.2 Å². The molecule has 0 radical (unpaired) electrons. The molecular formula is C13H18N4O2. The molecule has 2 N–H and O–H groups in total. The fourth-order valence-electron chi connectivity index (χ4n) is 3.02. The average molecular weight is 262 g/mol. The highest BCUT2D eigenvalue weighted by atomic mass is 16.3. The van der Waals surface area contributed by atoms with Crippen LogP contribution < -0.4 is 5.56 Å². The van der Waals surface area contributed by atoms with Crippen LogP contribution in [0, 0.1) is 5.92 Å². The Morgan fingerprint density at radius 3 is 2.84 bits per heavy atom. The highest BCUT2D eigenvalue weighted by molar-refractivity contribution is 5.69. The van der Waals surface area contributed by atoms with Gasteiger partial charge in [-0.15, -0.1) is 0 Å². The van der Waals surface area contributed by atoms with Crippen LogP contribution >= 0.6 is 0 Å². The number of nitrogens with zero attached hydrogens (tertiary/aromatic N) is 3. The first kappa shape index (κ1) is 12.3. The van der Waals surface area contributed by atoms with Gasteiger partial charge in [0.25, 0.3) is 5.56 Å². The van der Waals surface area contributed by atoms with E-state index in [1.54, 1.807) is 11.5 Å². The van der Waals surface area contributed by atoms with E-state index in [1.807, 2.05) is 0 Å². The van der Waals surface area contributed by atoms with E-state index in [2.05, 4.69) is 15.0 Å². The molecule has 1 fully saturated rings. The lowest BCUT2D eigenvalue weighted by atomic mass is 9.82. The van der Waals surface area contributed by atoms with Gasteiger partial charge in [-0.05, 0) is 19.8 Å². The van der Waals surface area contributed by atoms with E-state index in [0.717, 1.165) is 25.7 Å². The number of aromatic nitrogens is 4. The van der Waals surface area contributed by atoms with Crippen molar-refractivity contribution in [3.8, 4) is 0 Å². The standard InChI is InChI=1S/C13H18N4O2/c1-13(19,9-5-3-2-4-6-9)17-8-16-10-11(17)14-7-15-12(10)18/h7-9,19H,2-6H2,1H3,(H,14,15,18).